The molecule has 0 unspecified atom stereocenters. The van der Waals surface area contributed by atoms with Gasteiger partial charge in [-0.15, -0.1) is 0 Å². The zero-order chi connectivity index (χ0) is 22.2. The molecule has 1 N–H and O–H groups in total. The molecule has 1 aromatic carbocycles. The first-order chi connectivity index (χ1) is 15.5. The predicted molar refractivity (Wildman–Crippen MR) is 122 cm³/mol. The number of benzene rings is 1. The number of amides is 2. The topological polar surface area (TPSA) is 86.4 Å². The predicted octanol–water partition coefficient (Wildman–Crippen LogP) is 2.71. The molecule has 1 aliphatic carbocycles. The van der Waals surface area contributed by atoms with E-state index >= 15 is 0 Å². The molecular formula is C25H26N4O3. The lowest BCUT2D eigenvalue weighted by atomic mass is 9.89. The van der Waals surface area contributed by atoms with Crippen molar-refractivity contribution in [3.8, 4) is 0 Å². The number of hydrogen-bond acceptors (Lipinski definition) is 4. The Hall–Kier alpha value is -3.48. The van der Waals surface area contributed by atoms with Crippen molar-refractivity contribution in [1.82, 2.24) is 19.8 Å². The van der Waals surface area contributed by atoms with Crippen LogP contribution in [0.4, 0.5) is 0 Å². The highest BCUT2D eigenvalue weighted by Gasteiger charge is 2.29. The third kappa shape index (κ3) is 3.68. The summed E-state index contributed by atoms with van der Waals surface area (Å²) >= 11 is 0. The number of aromatic amines is 1. The molecule has 7 heteroatoms. The van der Waals surface area contributed by atoms with E-state index in [0.717, 1.165) is 59.0 Å². The van der Waals surface area contributed by atoms with E-state index in [1.807, 2.05) is 24.0 Å². The lowest BCUT2D eigenvalue weighted by molar-refractivity contribution is 0.0535. The SMILES string of the molecule is Cc1ccc2nc3c(c(C(=O)N4CCN(C(=O)c5ccc(=O)[nH]c5)CC4)c2c1)CCCC3. The summed E-state index contributed by atoms with van der Waals surface area (Å²) in [6.45, 7) is 3.94. The van der Waals surface area contributed by atoms with Crippen molar-refractivity contribution in [3.05, 3.63) is 74.8 Å². The number of pyridine rings is 2. The van der Waals surface area contributed by atoms with E-state index in [1.165, 1.54) is 18.3 Å². The van der Waals surface area contributed by atoms with E-state index in [0.29, 0.717) is 31.7 Å². The van der Waals surface area contributed by atoms with Crippen molar-refractivity contribution in [3.63, 3.8) is 0 Å². The summed E-state index contributed by atoms with van der Waals surface area (Å²) in [6, 6.07) is 9.01. The smallest absolute Gasteiger partial charge is 0.255 e. The van der Waals surface area contributed by atoms with Gasteiger partial charge in [0.15, 0.2) is 0 Å². The van der Waals surface area contributed by atoms with Crippen molar-refractivity contribution >= 4 is 22.7 Å². The lowest BCUT2D eigenvalue weighted by Crippen LogP contribution is -2.50. The van der Waals surface area contributed by atoms with Crippen LogP contribution in [-0.2, 0) is 12.8 Å². The van der Waals surface area contributed by atoms with Gasteiger partial charge in [-0.2, -0.15) is 0 Å². The Bertz CT molecular complexity index is 1250. The van der Waals surface area contributed by atoms with Crippen LogP contribution in [0.3, 0.4) is 0 Å². The van der Waals surface area contributed by atoms with Gasteiger partial charge in [0, 0.05) is 49.5 Å². The molecule has 1 saturated heterocycles. The molecule has 0 bridgehead atoms. The number of fused-ring (bicyclic) bond motifs is 2. The van der Waals surface area contributed by atoms with Gasteiger partial charge >= 0.3 is 0 Å². The number of carbonyl (C=O) groups excluding carboxylic acids is 2. The van der Waals surface area contributed by atoms with Crippen LogP contribution in [0.25, 0.3) is 10.9 Å². The van der Waals surface area contributed by atoms with Crippen molar-refractivity contribution in [1.29, 1.82) is 0 Å². The molecule has 32 heavy (non-hydrogen) atoms. The van der Waals surface area contributed by atoms with Gasteiger partial charge in [-0.25, -0.2) is 0 Å². The van der Waals surface area contributed by atoms with E-state index in [4.69, 9.17) is 4.98 Å². The molecule has 7 nitrogen and oxygen atoms in total. The minimum absolute atomic E-state index is 0.0392. The maximum absolute atomic E-state index is 13.7. The van der Waals surface area contributed by atoms with Crippen molar-refractivity contribution in [2.75, 3.05) is 26.2 Å². The maximum atomic E-state index is 13.7. The van der Waals surface area contributed by atoms with E-state index < -0.39 is 0 Å². The largest absolute Gasteiger partial charge is 0.335 e. The highest BCUT2D eigenvalue weighted by Crippen LogP contribution is 2.31. The first-order valence-corrected chi connectivity index (χ1v) is 11.2. The summed E-state index contributed by atoms with van der Waals surface area (Å²) in [5.74, 6) is -0.0898. The Morgan fingerprint density at radius 3 is 2.38 bits per heavy atom. The first kappa shape index (κ1) is 20.4. The quantitative estimate of drug-likeness (QED) is 0.677. The van der Waals surface area contributed by atoms with Gasteiger partial charge in [0.05, 0.1) is 16.6 Å². The molecule has 0 atom stereocenters. The number of aromatic nitrogens is 2. The second-order valence-electron chi connectivity index (χ2n) is 8.67. The Balaban J connectivity index is 1.41. The zero-order valence-corrected chi connectivity index (χ0v) is 18.2. The molecule has 1 aliphatic heterocycles. The van der Waals surface area contributed by atoms with Crippen LogP contribution in [0.5, 0.6) is 0 Å². The summed E-state index contributed by atoms with van der Waals surface area (Å²) < 4.78 is 0. The van der Waals surface area contributed by atoms with Gasteiger partial charge in [-0.3, -0.25) is 19.4 Å². The molecule has 2 aromatic heterocycles. The van der Waals surface area contributed by atoms with Crippen LogP contribution in [0.1, 0.15) is 50.4 Å². The summed E-state index contributed by atoms with van der Waals surface area (Å²) in [6.07, 6.45) is 5.43. The zero-order valence-electron chi connectivity index (χ0n) is 18.2. The highest BCUT2D eigenvalue weighted by molar-refractivity contribution is 6.08. The summed E-state index contributed by atoms with van der Waals surface area (Å²) in [4.78, 5) is 48.8. The standard InChI is InChI=1S/C25H26N4O3/c1-16-6-8-21-19(14-16)23(18-4-2-3-5-20(18)27-21)25(32)29-12-10-28(11-13-29)24(31)17-7-9-22(30)26-15-17/h6-9,14-15H,2-5,10-13H2,1H3,(H,26,30). The van der Waals surface area contributed by atoms with Crippen LogP contribution in [0.15, 0.2) is 41.3 Å². The van der Waals surface area contributed by atoms with Crippen LogP contribution >= 0.6 is 0 Å². The summed E-state index contributed by atoms with van der Waals surface area (Å²) in [7, 11) is 0. The number of H-pyrrole nitrogens is 1. The molecule has 0 saturated carbocycles. The average Bonchev–Trinajstić information content (AvgIpc) is 2.82. The molecule has 164 valence electrons. The van der Waals surface area contributed by atoms with Gasteiger partial charge in [-0.1, -0.05) is 11.6 Å². The molecule has 0 spiro atoms. The molecule has 3 aromatic rings. The number of rotatable bonds is 2. The molecular weight excluding hydrogens is 404 g/mol. The molecule has 2 aliphatic rings. The Labute approximate surface area is 186 Å². The number of carbonyl (C=O) groups is 2. The van der Waals surface area contributed by atoms with Gasteiger partial charge in [-0.05, 0) is 56.4 Å². The monoisotopic (exact) mass is 430 g/mol. The maximum Gasteiger partial charge on any atom is 0.255 e. The van der Waals surface area contributed by atoms with Crippen molar-refractivity contribution in [2.24, 2.45) is 0 Å². The molecule has 3 heterocycles. The Morgan fingerprint density at radius 2 is 1.66 bits per heavy atom. The summed E-state index contributed by atoms with van der Waals surface area (Å²) in [5, 5.41) is 0.933. The first-order valence-electron chi connectivity index (χ1n) is 11.2. The van der Waals surface area contributed by atoms with E-state index in [9.17, 15) is 14.4 Å². The van der Waals surface area contributed by atoms with Gasteiger partial charge in [0.2, 0.25) is 5.56 Å². The number of aryl methyl sites for hydroxylation is 2. The molecule has 0 radical (unpaired) electrons. The fourth-order valence-electron chi connectivity index (χ4n) is 4.78. The van der Waals surface area contributed by atoms with Crippen LogP contribution < -0.4 is 5.56 Å². The van der Waals surface area contributed by atoms with E-state index in [2.05, 4.69) is 11.1 Å². The van der Waals surface area contributed by atoms with Gasteiger partial charge in [0.25, 0.3) is 11.8 Å². The highest BCUT2D eigenvalue weighted by atomic mass is 16.2. The number of piperazine rings is 1. The Morgan fingerprint density at radius 1 is 0.938 bits per heavy atom. The van der Waals surface area contributed by atoms with Crippen molar-refractivity contribution in [2.45, 2.75) is 32.6 Å². The third-order valence-electron chi connectivity index (χ3n) is 6.52. The normalized spacial score (nSPS) is 16.2. The van der Waals surface area contributed by atoms with Gasteiger partial charge < -0.3 is 14.8 Å². The lowest BCUT2D eigenvalue weighted by Gasteiger charge is -2.35. The van der Waals surface area contributed by atoms with Gasteiger partial charge in [0.1, 0.15) is 0 Å². The van der Waals surface area contributed by atoms with E-state index in [-0.39, 0.29) is 17.4 Å². The second kappa shape index (κ2) is 8.22. The number of nitrogens with zero attached hydrogens (tertiary/aromatic N) is 3. The molecule has 1 fully saturated rings. The number of hydrogen-bond donors (Lipinski definition) is 1. The van der Waals surface area contributed by atoms with Crippen molar-refractivity contribution < 1.29 is 9.59 Å². The Kier molecular flexibility index (Phi) is 5.25. The minimum Gasteiger partial charge on any atom is -0.335 e. The molecule has 5 rings (SSSR count). The molecule has 2 amide bonds. The van der Waals surface area contributed by atoms with Crippen LogP contribution in [0.2, 0.25) is 0 Å². The second-order valence-corrected chi connectivity index (χ2v) is 8.67. The fourth-order valence-corrected chi connectivity index (χ4v) is 4.78. The third-order valence-corrected chi connectivity index (χ3v) is 6.52. The number of nitrogens with one attached hydrogen (secondary N) is 1. The average molecular weight is 431 g/mol. The minimum atomic E-state index is -0.236. The van der Waals surface area contributed by atoms with Crippen LogP contribution in [0, 0.1) is 6.92 Å². The van der Waals surface area contributed by atoms with E-state index in [1.54, 1.807) is 4.90 Å². The fraction of sp³-hybridized carbons (Fsp3) is 0.360. The summed E-state index contributed by atoms with van der Waals surface area (Å²) in [5.41, 5.74) is 5.17. The van der Waals surface area contributed by atoms with Crippen LogP contribution in [-0.4, -0.2) is 57.8 Å².